The maximum absolute atomic E-state index is 6.51. The van der Waals surface area contributed by atoms with Crippen LogP contribution < -0.4 is 19.5 Å². The van der Waals surface area contributed by atoms with Gasteiger partial charge in [-0.05, 0) is 82.6 Å². The summed E-state index contributed by atoms with van der Waals surface area (Å²) in [6.07, 6.45) is 2.47. The zero-order valence-corrected chi connectivity index (χ0v) is 25.1. The van der Waals surface area contributed by atoms with Gasteiger partial charge in [-0.2, -0.15) is 10.2 Å². The highest BCUT2D eigenvalue weighted by atomic mass is 35.5. The number of aromatic nitrogens is 2. The van der Waals surface area contributed by atoms with Gasteiger partial charge in [0.15, 0.2) is 0 Å². The Morgan fingerprint density at radius 3 is 2.40 bits per heavy atom. The first-order valence-electron chi connectivity index (χ1n) is 13.3. The van der Waals surface area contributed by atoms with E-state index in [4.69, 9.17) is 30.5 Å². The van der Waals surface area contributed by atoms with Crippen LogP contribution in [0.15, 0.2) is 60.8 Å². The highest BCUT2D eigenvalue weighted by Crippen LogP contribution is 2.37. The molecule has 0 aliphatic heterocycles. The summed E-state index contributed by atoms with van der Waals surface area (Å²) in [5.41, 5.74) is 3.83. The molecule has 0 saturated heterocycles. The number of anilines is 1. The van der Waals surface area contributed by atoms with Crippen LogP contribution in [0.5, 0.6) is 17.2 Å². The summed E-state index contributed by atoms with van der Waals surface area (Å²) in [5, 5.41) is 13.7. The molecule has 0 amide bonds. The quantitative estimate of drug-likeness (QED) is 0.198. The third-order valence-electron chi connectivity index (χ3n) is 6.48. The van der Waals surface area contributed by atoms with Crippen molar-refractivity contribution < 1.29 is 18.9 Å². The molecular weight excluding hydrogens is 526 g/mol. The van der Waals surface area contributed by atoms with Crippen LogP contribution >= 0.6 is 11.6 Å². The number of ether oxygens (including phenoxy) is 4. The fourth-order valence-corrected chi connectivity index (χ4v) is 4.50. The number of benzene rings is 3. The predicted molar refractivity (Wildman–Crippen MR) is 162 cm³/mol. The fraction of sp³-hybridized carbons (Fsp3) is 0.375. The molecule has 8 heteroatoms. The lowest BCUT2D eigenvalue weighted by molar-refractivity contribution is -0.0291. The SMILES string of the molecule is COc1ccc(CNc2cnnc3cc(-c4cc(Cl)ccc4OC(C)(C)CCOC(C)(C)C)ccc23)c(OC)c1. The molecule has 0 bridgehead atoms. The minimum absolute atomic E-state index is 0.192. The average Bonchev–Trinajstić information content (AvgIpc) is 2.91. The van der Waals surface area contributed by atoms with Crippen LogP contribution in [0.2, 0.25) is 5.02 Å². The van der Waals surface area contributed by atoms with E-state index in [0.29, 0.717) is 18.2 Å². The van der Waals surface area contributed by atoms with Crippen molar-refractivity contribution in [2.45, 2.75) is 58.8 Å². The van der Waals surface area contributed by atoms with Crippen molar-refractivity contribution in [1.29, 1.82) is 0 Å². The van der Waals surface area contributed by atoms with Gasteiger partial charge in [0.1, 0.15) is 22.8 Å². The van der Waals surface area contributed by atoms with E-state index in [1.165, 1.54) is 0 Å². The topological polar surface area (TPSA) is 74.7 Å². The number of methoxy groups -OCH3 is 2. The van der Waals surface area contributed by atoms with Crippen LogP contribution in [0.3, 0.4) is 0 Å². The first-order valence-corrected chi connectivity index (χ1v) is 13.7. The number of fused-ring (bicyclic) bond motifs is 1. The lowest BCUT2D eigenvalue weighted by Crippen LogP contribution is -2.32. The van der Waals surface area contributed by atoms with Crippen molar-refractivity contribution in [1.82, 2.24) is 10.2 Å². The van der Waals surface area contributed by atoms with Gasteiger partial charge < -0.3 is 24.3 Å². The van der Waals surface area contributed by atoms with Gasteiger partial charge in [0.25, 0.3) is 0 Å². The zero-order valence-electron chi connectivity index (χ0n) is 24.3. The molecule has 4 rings (SSSR count). The van der Waals surface area contributed by atoms with Crippen molar-refractivity contribution in [3.63, 3.8) is 0 Å². The van der Waals surface area contributed by atoms with Gasteiger partial charge in [0.2, 0.25) is 0 Å². The van der Waals surface area contributed by atoms with E-state index in [1.54, 1.807) is 20.4 Å². The van der Waals surface area contributed by atoms with Gasteiger partial charge in [0.05, 0.1) is 43.8 Å². The molecule has 212 valence electrons. The Morgan fingerprint density at radius 1 is 0.875 bits per heavy atom. The molecule has 0 aliphatic carbocycles. The second-order valence-corrected chi connectivity index (χ2v) is 11.7. The lowest BCUT2D eigenvalue weighted by atomic mass is 10.0. The summed E-state index contributed by atoms with van der Waals surface area (Å²) in [6.45, 7) is 11.4. The van der Waals surface area contributed by atoms with Gasteiger partial charge in [-0.25, -0.2) is 0 Å². The van der Waals surface area contributed by atoms with Gasteiger partial charge in [-0.15, -0.1) is 0 Å². The van der Waals surface area contributed by atoms with Crippen LogP contribution in [-0.4, -0.2) is 42.2 Å². The minimum atomic E-state index is -0.440. The van der Waals surface area contributed by atoms with Gasteiger partial charge in [0, 0.05) is 40.6 Å². The fourth-order valence-electron chi connectivity index (χ4n) is 4.33. The largest absolute Gasteiger partial charge is 0.497 e. The molecule has 0 spiro atoms. The molecule has 0 atom stereocenters. The molecule has 7 nitrogen and oxygen atoms in total. The third kappa shape index (κ3) is 7.55. The average molecular weight is 564 g/mol. The molecule has 1 aromatic heterocycles. The van der Waals surface area contributed by atoms with E-state index in [-0.39, 0.29) is 5.60 Å². The molecule has 0 unspecified atom stereocenters. The van der Waals surface area contributed by atoms with Crippen LogP contribution in [0, 0.1) is 0 Å². The molecule has 1 N–H and O–H groups in total. The molecule has 1 heterocycles. The lowest BCUT2D eigenvalue weighted by Gasteiger charge is -2.29. The summed E-state index contributed by atoms with van der Waals surface area (Å²) in [7, 11) is 3.29. The van der Waals surface area contributed by atoms with E-state index < -0.39 is 5.60 Å². The Morgan fingerprint density at radius 2 is 1.68 bits per heavy atom. The standard InChI is InChI=1S/C32H38ClN3O4/c1-31(2,3)39-15-14-32(4,5)40-29-13-10-23(33)17-26(29)21-9-12-25-27(16-21)36-35-20-28(25)34-19-22-8-11-24(37-6)18-30(22)38-7/h8-13,16-18,20H,14-15,19H2,1-7H3,(H,34,36). The maximum atomic E-state index is 6.51. The van der Waals surface area contributed by atoms with Gasteiger partial charge >= 0.3 is 0 Å². The van der Waals surface area contributed by atoms with Crippen molar-refractivity contribution in [2.24, 2.45) is 0 Å². The van der Waals surface area contributed by atoms with Crippen LogP contribution in [0.1, 0.15) is 46.6 Å². The predicted octanol–water partition coefficient (Wildman–Crippen LogP) is 7.94. The molecule has 0 aliphatic rings. The normalized spacial score (nSPS) is 11.9. The number of hydrogen-bond donors (Lipinski definition) is 1. The van der Waals surface area contributed by atoms with E-state index in [2.05, 4.69) is 56.2 Å². The van der Waals surface area contributed by atoms with Crippen LogP contribution in [0.25, 0.3) is 22.0 Å². The Labute approximate surface area is 241 Å². The Hall–Kier alpha value is -3.55. The van der Waals surface area contributed by atoms with Crippen molar-refractivity contribution >= 4 is 28.2 Å². The smallest absolute Gasteiger partial charge is 0.128 e. The Kier molecular flexibility index (Phi) is 9.06. The number of hydrogen-bond acceptors (Lipinski definition) is 7. The molecule has 40 heavy (non-hydrogen) atoms. The number of nitrogens with one attached hydrogen (secondary N) is 1. The van der Waals surface area contributed by atoms with Crippen molar-refractivity contribution in [3.05, 3.63) is 71.4 Å². The second kappa shape index (κ2) is 12.3. The third-order valence-corrected chi connectivity index (χ3v) is 6.72. The van der Waals surface area contributed by atoms with Crippen molar-refractivity contribution in [2.75, 3.05) is 26.1 Å². The number of rotatable bonds is 11. The summed E-state index contributed by atoms with van der Waals surface area (Å²) >= 11 is 6.43. The number of halogens is 1. The van der Waals surface area contributed by atoms with E-state index in [1.807, 2.05) is 48.5 Å². The summed E-state index contributed by atoms with van der Waals surface area (Å²) < 4.78 is 23.3. The van der Waals surface area contributed by atoms with Crippen LogP contribution in [-0.2, 0) is 11.3 Å². The van der Waals surface area contributed by atoms with Gasteiger partial charge in [-0.1, -0.05) is 17.7 Å². The maximum Gasteiger partial charge on any atom is 0.128 e. The molecule has 4 aromatic rings. The molecule has 0 fully saturated rings. The summed E-state index contributed by atoms with van der Waals surface area (Å²) in [6, 6.07) is 17.6. The summed E-state index contributed by atoms with van der Waals surface area (Å²) in [4.78, 5) is 0. The second-order valence-electron chi connectivity index (χ2n) is 11.2. The first kappa shape index (κ1) is 29.4. The van der Waals surface area contributed by atoms with E-state index in [9.17, 15) is 0 Å². The minimum Gasteiger partial charge on any atom is -0.497 e. The van der Waals surface area contributed by atoms with Crippen LogP contribution in [0.4, 0.5) is 5.69 Å². The monoisotopic (exact) mass is 563 g/mol. The van der Waals surface area contributed by atoms with Gasteiger partial charge in [-0.3, -0.25) is 0 Å². The molecule has 0 radical (unpaired) electrons. The molecular formula is C32H38ClN3O4. The highest BCUT2D eigenvalue weighted by molar-refractivity contribution is 6.31. The molecule has 0 saturated carbocycles. The number of nitrogens with zero attached hydrogens (tertiary/aromatic N) is 2. The van der Waals surface area contributed by atoms with E-state index >= 15 is 0 Å². The first-order chi connectivity index (χ1) is 19.0. The highest BCUT2D eigenvalue weighted by Gasteiger charge is 2.23. The van der Waals surface area contributed by atoms with E-state index in [0.717, 1.165) is 57.0 Å². The Bertz CT molecular complexity index is 1470. The summed E-state index contributed by atoms with van der Waals surface area (Å²) in [5.74, 6) is 2.25. The molecule has 3 aromatic carbocycles. The zero-order chi connectivity index (χ0) is 28.9. The van der Waals surface area contributed by atoms with Crippen molar-refractivity contribution in [3.8, 4) is 28.4 Å². The Balaban J connectivity index is 1.58.